The molecule has 3 rings (SSSR count). The Morgan fingerprint density at radius 3 is 2.88 bits per heavy atom. The van der Waals surface area contributed by atoms with Crippen LogP contribution in [0.1, 0.15) is 19.8 Å². The van der Waals surface area contributed by atoms with E-state index >= 15 is 0 Å². The van der Waals surface area contributed by atoms with Gasteiger partial charge in [0, 0.05) is 24.4 Å². The van der Waals surface area contributed by atoms with Gasteiger partial charge < -0.3 is 9.84 Å². The van der Waals surface area contributed by atoms with E-state index in [1.165, 1.54) is 6.07 Å². The number of nitro groups is 1. The van der Waals surface area contributed by atoms with Crippen LogP contribution in [0.25, 0.3) is 23.0 Å². The minimum atomic E-state index is -0.419. The Morgan fingerprint density at radius 1 is 1.28 bits per heavy atom. The monoisotopic (exact) mass is 339 g/mol. The van der Waals surface area contributed by atoms with Crippen molar-refractivity contribution in [2.24, 2.45) is 0 Å². The third-order valence-corrected chi connectivity index (χ3v) is 3.61. The maximum atomic E-state index is 11.4. The van der Waals surface area contributed by atoms with Crippen LogP contribution in [0.4, 0.5) is 11.4 Å². The average Bonchev–Trinajstić information content (AvgIpc) is 3.13. The predicted octanol–water partition coefficient (Wildman–Crippen LogP) is 3.92. The number of nitrogens with zero attached hydrogens (tertiary/aromatic N) is 4. The highest BCUT2D eigenvalue weighted by Gasteiger charge is 2.18. The molecule has 0 aliphatic carbocycles. The molecule has 0 amide bonds. The van der Waals surface area contributed by atoms with Gasteiger partial charge in [0.25, 0.3) is 11.6 Å². The van der Waals surface area contributed by atoms with Gasteiger partial charge in [0.15, 0.2) is 0 Å². The summed E-state index contributed by atoms with van der Waals surface area (Å²) in [6.07, 6.45) is 3.58. The Labute approximate surface area is 144 Å². The van der Waals surface area contributed by atoms with Gasteiger partial charge in [-0.05, 0) is 30.7 Å². The third-order valence-electron chi connectivity index (χ3n) is 3.61. The molecule has 1 aromatic carbocycles. The Bertz CT molecular complexity index is 864. The lowest BCUT2D eigenvalue weighted by atomic mass is 10.1. The number of nitrogens with one attached hydrogen (secondary N) is 1. The number of hydrogen-bond acceptors (Lipinski definition) is 7. The van der Waals surface area contributed by atoms with E-state index in [4.69, 9.17) is 4.52 Å². The van der Waals surface area contributed by atoms with Gasteiger partial charge in [-0.3, -0.25) is 15.1 Å². The molecule has 8 nitrogen and oxygen atoms in total. The van der Waals surface area contributed by atoms with Crippen LogP contribution in [-0.4, -0.2) is 26.6 Å². The Hall–Kier alpha value is -3.29. The van der Waals surface area contributed by atoms with Crippen LogP contribution in [0.15, 0.2) is 47.1 Å². The molecule has 3 aromatic rings. The van der Waals surface area contributed by atoms with Crippen LogP contribution >= 0.6 is 0 Å². The molecular formula is C17H17N5O3. The number of hydrogen-bond donors (Lipinski definition) is 1. The standard InChI is InChI=1S/C17H17N5O3/c1-2-3-9-18-13-8-7-12(11-15(13)22(23)24)16-20-17(25-21-16)14-6-4-5-10-19-14/h4-8,10-11,18H,2-3,9H2,1H3. The van der Waals surface area contributed by atoms with Gasteiger partial charge in [0.2, 0.25) is 5.82 Å². The van der Waals surface area contributed by atoms with Gasteiger partial charge in [-0.1, -0.05) is 24.6 Å². The SMILES string of the molecule is CCCCNc1ccc(-c2noc(-c3ccccn3)n2)cc1[N+](=O)[O-]. The van der Waals surface area contributed by atoms with Crippen molar-refractivity contribution in [2.45, 2.75) is 19.8 Å². The maximum Gasteiger partial charge on any atom is 0.293 e. The zero-order valence-corrected chi connectivity index (χ0v) is 13.7. The van der Waals surface area contributed by atoms with Crippen molar-refractivity contribution in [1.29, 1.82) is 0 Å². The minimum absolute atomic E-state index is 0.0159. The summed E-state index contributed by atoms with van der Waals surface area (Å²) < 4.78 is 5.21. The van der Waals surface area contributed by atoms with Crippen LogP contribution in [0.5, 0.6) is 0 Å². The number of benzene rings is 1. The molecule has 0 bridgehead atoms. The molecular weight excluding hydrogens is 322 g/mol. The number of rotatable bonds is 7. The van der Waals surface area contributed by atoms with Crippen LogP contribution in [0.2, 0.25) is 0 Å². The van der Waals surface area contributed by atoms with Gasteiger partial charge >= 0.3 is 0 Å². The average molecular weight is 339 g/mol. The van der Waals surface area contributed by atoms with Gasteiger partial charge in [-0.15, -0.1) is 0 Å². The van der Waals surface area contributed by atoms with Crippen LogP contribution in [0, 0.1) is 10.1 Å². The highest BCUT2D eigenvalue weighted by Crippen LogP contribution is 2.30. The maximum absolute atomic E-state index is 11.4. The first-order chi connectivity index (χ1) is 12.2. The van der Waals surface area contributed by atoms with E-state index in [1.54, 1.807) is 30.5 Å². The molecule has 0 fully saturated rings. The Kier molecular flexibility index (Phi) is 4.98. The first-order valence-corrected chi connectivity index (χ1v) is 7.97. The Balaban J connectivity index is 1.89. The summed E-state index contributed by atoms with van der Waals surface area (Å²) in [5.74, 6) is 0.548. The van der Waals surface area contributed by atoms with Crippen molar-refractivity contribution < 1.29 is 9.45 Å². The summed E-state index contributed by atoms with van der Waals surface area (Å²) in [6, 6.07) is 10.2. The van der Waals surface area contributed by atoms with Gasteiger partial charge in [0.1, 0.15) is 11.4 Å². The second-order valence-corrected chi connectivity index (χ2v) is 5.41. The number of aromatic nitrogens is 3. The minimum Gasteiger partial charge on any atom is -0.379 e. The fourth-order valence-electron chi connectivity index (χ4n) is 2.31. The van der Waals surface area contributed by atoms with Gasteiger partial charge in [0.05, 0.1) is 4.92 Å². The first-order valence-electron chi connectivity index (χ1n) is 7.97. The molecule has 25 heavy (non-hydrogen) atoms. The van der Waals surface area contributed by atoms with Crippen molar-refractivity contribution in [1.82, 2.24) is 15.1 Å². The number of unbranched alkanes of at least 4 members (excludes halogenated alkanes) is 1. The summed E-state index contributed by atoms with van der Waals surface area (Å²) >= 11 is 0. The molecule has 2 heterocycles. The van der Waals surface area contributed by atoms with E-state index in [-0.39, 0.29) is 17.4 Å². The molecule has 0 unspecified atom stereocenters. The van der Waals surface area contributed by atoms with E-state index < -0.39 is 4.92 Å². The largest absolute Gasteiger partial charge is 0.379 e. The Morgan fingerprint density at radius 2 is 2.16 bits per heavy atom. The summed E-state index contributed by atoms with van der Waals surface area (Å²) in [7, 11) is 0. The molecule has 0 radical (unpaired) electrons. The third kappa shape index (κ3) is 3.79. The summed E-state index contributed by atoms with van der Waals surface area (Å²) in [4.78, 5) is 19.4. The molecule has 2 aromatic heterocycles. The summed E-state index contributed by atoms with van der Waals surface area (Å²) in [5, 5.41) is 18.3. The number of pyridine rings is 1. The van der Waals surface area contributed by atoms with Gasteiger partial charge in [-0.25, -0.2) is 0 Å². The fourth-order valence-corrected chi connectivity index (χ4v) is 2.31. The van der Waals surface area contributed by atoms with E-state index in [9.17, 15) is 10.1 Å². The number of anilines is 1. The first kappa shape index (κ1) is 16.6. The predicted molar refractivity (Wildman–Crippen MR) is 93.0 cm³/mol. The van der Waals surface area contributed by atoms with Crippen LogP contribution in [-0.2, 0) is 0 Å². The smallest absolute Gasteiger partial charge is 0.293 e. The van der Waals surface area contributed by atoms with Crippen LogP contribution < -0.4 is 5.32 Å². The molecule has 8 heteroatoms. The molecule has 0 atom stereocenters. The van der Waals surface area contributed by atoms with Crippen molar-refractivity contribution >= 4 is 11.4 Å². The lowest BCUT2D eigenvalue weighted by Crippen LogP contribution is -2.04. The zero-order valence-electron chi connectivity index (χ0n) is 13.7. The lowest BCUT2D eigenvalue weighted by molar-refractivity contribution is -0.383. The van der Waals surface area contributed by atoms with E-state index in [0.717, 1.165) is 12.8 Å². The van der Waals surface area contributed by atoms with E-state index in [2.05, 4.69) is 27.4 Å². The molecule has 0 aliphatic rings. The highest BCUT2D eigenvalue weighted by molar-refractivity contribution is 5.70. The van der Waals surface area contributed by atoms with Gasteiger partial charge in [-0.2, -0.15) is 4.98 Å². The van der Waals surface area contributed by atoms with Crippen LogP contribution in [0.3, 0.4) is 0 Å². The summed E-state index contributed by atoms with van der Waals surface area (Å²) in [5.41, 5.74) is 1.53. The second kappa shape index (κ2) is 7.52. The zero-order chi connectivity index (χ0) is 17.6. The molecule has 0 spiro atoms. The topological polar surface area (TPSA) is 107 Å². The fraction of sp³-hybridized carbons (Fsp3) is 0.235. The van der Waals surface area contributed by atoms with Crippen molar-refractivity contribution in [3.8, 4) is 23.0 Å². The highest BCUT2D eigenvalue weighted by atomic mass is 16.6. The molecule has 0 saturated carbocycles. The molecule has 1 N–H and O–H groups in total. The second-order valence-electron chi connectivity index (χ2n) is 5.41. The van der Waals surface area contributed by atoms with E-state index in [1.807, 2.05) is 6.07 Å². The number of nitro benzene ring substituents is 1. The lowest BCUT2D eigenvalue weighted by Gasteiger charge is -2.07. The molecule has 0 saturated heterocycles. The molecule has 0 aliphatic heterocycles. The van der Waals surface area contributed by atoms with Crippen molar-refractivity contribution in [2.75, 3.05) is 11.9 Å². The normalized spacial score (nSPS) is 10.6. The van der Waals surface area contributed by atoms with Crippen molar-refractivity contribution in [3.63, 3.8) is 0 Å². The quantitative estimate of drug-likeness (QED) is 0.395. The van der Waals surface area contributed by atoms with E-state index in [0.29, 0.717) is 23.5 Å². The molecule has 128 valence electrons. The van der Waals surface area contributed by atoms with Crippen molar-refractivity contribution in [3.05, 3.63) is 52.7 Å². The summed E-state index contributed by atoms with van der Waals surface area (Å²) in [6.45, 7) is 2.75.